The quantitative estimate of drug-likeness (QED) is 0.119. The molecule has 0 spiro atoms. The van der Waals surface area contributed by atoms with Crippen LogP contribution in [0.5, 0.6) is 0 Å². The molecule has 1 aromatic heterocycles. The molecule has 3 aromatic carbocycles. The Bertz CT molecular complexity index is 1680. The highest BCUT2D eigenvalue weighted by Gasteiger charge is 2.33. The molecule has 0 bridgehead atoms. The van der Waals surface area contributed by atoms with Crippen LogP contribution in [-0.4, -0.2) is 44.6 Å². The summed E-state index contributed by atoms with van der Waals surface area (Å²) in [5.74, 6) is -0.447. The molecule has 0 saturated heterocycles. The van der Waals surface area contributed by atoms with Gasteiger partial charge in [0.05, 0.1) is 29.0 Å². The van der Waals surface area contributed by atoms with Crippen molar-refractivity contribution in [1.82, 2.24) is 5.43 Å². The van der Waals surface area contributed by atoms with E-state index in [0.29, 0.717) is 22.6 Å². The minimum atomic E-state index is -4.51. The second kappa shape index (κ2) is 12.7. The number of carbonyl (C=O) groups excluding carboxylic acids is 2. The number of anilines is 1. The van der Waals surface area contributed by atoms with E-state index in [4.69, 9.17) is 9.15 Å². The minimum absolute atomic E-state index is 0.134. The van der Waals surface area contributed by atoms with Crippen LogP contribution < -0.4 is 9.73 Å². The van der Waals surface area contributed by atoms with Crippen LogP contribution in [0.2, 0.25) is 0 Å². The highest BCUT2D eigenvalue weighted by molar-refractivity contribution is 7.93. The van der Waals surface area contributed by atoms with Gasteiger partial charge in [-0.3, -0.25) is 19.2 Å². The van der Waals surface area contributed by atoms with Gasteiger partial charge < -0.3 is 9.15 Å². The van der Waals surface area contributed by atoms with Gasteiger partial charge in [0.1, 0.15) is 18.1 Å². The number of nitrogens with zero attached hydrogens (tertiary/aromatic N) is 3. The number of para-hydroxylation sites is 2. The number of nitrogens with one attached hydrogen (secondary N) is 1. The van der Waals surface area contributed by atoms with Gasteiger partial charge in [0, 0.05) is 11.6 Å². The van der Waals surface area contributed by atoms with E-state index in [2.05, 4.69) is 10.5 Å². The van der Waals surface area contributed by atoms with Crippen LogP contribution in [0.4, 0.5) is 11.4 Å². The zero-order valence-corrected chi connectivity index (χ0v) is 22.5. The highest BCUT2D eigenvalue weighted by Crippen LogP contribution is 2.29. The number of hydrogen-bond acceptors (Lipinski definition) is 9. The van der Waals surface area contributed by atoms with Crippen molar-refractivity contribution < 1.29 is 32.1 Å². The van der Waals surface area contributed by atoms with Gasteiger partial charge in [0.15, 0.2) is 4.90 Å². The summed E-state index contributed by atoms with van der Waals surface area (Å²) in [5, 5.41) is 15.3. The smallest absolute Gasteiger partial charge is 0.338 e. The Morgan fingerprint density at radius 3 is 2.37 bits per heavy atom. The normalized spacial score (nSPS) is 11.2. The van der Waals surface area contributed by atoms with Gasteiger partial charge in [0.2, 0.25) is 0 Å². The monoisotopic (exact) mass is 576 g/mol. The number of rotatable bonds is 11. The molecule has 0 radical (unpaired) electrons. The molecule has 0 atom stereocenters. The molecule has 0 aliphatic carbocycles. The Balaban J connectivity index is 1.47. The second-order valence-electron chi connectivity index (χ2n) is 8.37. The number of furan rings is 1. The first-order valence-corrected chi connectivity index (χ1v) is 13.6. The fraction of sp³-hybridized carbons (Fsp3) is 0.107. The van der Waals surface area contributed by atoms with Gasteiger partial charge >= 0.3 is 5.97 Å². The summed E-state index contributed by atoms with van der Waals surface area (Å²) in [5.41, 5.74) is 2.87. The molecule has 210 valence electrons. The lowest BCUT2D eigenvalue weighted by molar-refractivity contribution is -0.387. The Kier molecular flexibility index (Phi) is 8.89. The molecule has 0 fully saturated rings. The number of ether oxygens (including phenoxy) is 1. The van der Waals surface area contributed by atoms with Gasteiger partial charge in [-0.2, -0.15) is 5.10 Å². The molecule has 13 heteroatoms. The van der Waals surface area contributed by atoms with Crippen LogP contribution in [0.3, 0.4) is 0 Å². The Morgan fingerprint density at radius 1 is 1.00 bits per heavy atom. The van der Waals surface area contributed by atoms with Crippen LogP contribution in [0.1, 0.15) is 23.0 Å². The van der Waals surface area contributed by atoms with E-state index in [-0.39, 0.29) is 12.3 Å². The minimum Gasteiger partial charge on any atom is -0.462 e. The fourth-order valence-corrected chi connectivity index (χ4v) is 5.33. The van der Waals surface area contributed by atoms with Gasteiger partial charge in [-0.25, -0.2) is 18.6 Å². The standard InChI is InChI=1S/C28H24N4O8S/c1-2-39-28(34)21-14-12-20(13-15-21)25-17-16-23(40-25)18-29-30-27(33)19-31(22-8-4-3-5-9-22)41(37,38)26-11-7-6-10-24(26)32(35)36/h3-18H,2,19H2,1H3,(H,30,33)/b29-18-. The van der Waals surface area contributed by atoms with Crippen molar-refractivity contribution in [3.05, 3.63) is 112 Å². The second-order valence-corrected chi connectivity index (χ2v) is 10.2. The maximum atomic E-state index is 13.5. The van der Waals surface area contributed by atoms with Gasteiger partial charge in [-0.15, -0.1) is 0 Å². The summed E-state index contributed by atoms with van der Waals surface area (Å²) in [7, 11) is -4.51. The van der Waals surface area contributed by atoms with Gasteiger partial charge in [-0.1, -0.05) is 42.5 Å². The number of nitro benzene ring substituents is 1. The lowest BCUT2D eigenvalue weighted by Crippen LogP contribution is -2.39. The summed E-state index contributed by atoms with van der Waals surface area (Å²) in [4.78, 5) is 34.7. The number of amides is 1. The summed E-state index contributed by atoms with van der Waals surface area (Å²) >= 11 is 0. The maximum absolute atomic E-state index is 13.5. The third kappa shape index (κ3) is 6.83. The van der Waals surface area contributed by atoms with Gasteiger partial charge in [0.25, 0.3) is 21.6 Å². The van der Waals surface area contributed by atoms with E-state index in [0.717, 1.165) is 16.4 Å². The molecule has 0 saturated carbocycles. The number of esters is 1. The van der Waals surface area contributed by atoms with Crippen molar-refractivity contribution >= 4 is 39.5 Å². The zero-order chi connectivity index (χ0) is 29.4. The van der Waals surface area contributed by atoms with Crippen LogP contribution in [-0.2, 0) is 19.6 Å². The van der Waals surface area contributed by atoms with Crippen molar-refractivity contribution in [1.29, 1.82) is 0 Å². The average molecular weight is 577 g/mol. The molecule has 1 amide bonds. The van der Waals surface area contributed by atoms with E-state index >= 15 is 0 Å². The molecule has 0 aliphatic heterocycles. The summed E-state index contributed by atoms with van der Waals surface area (Å²) in [6, 6.07) is 22.6. The number of carbonyl (C=O) groups is 2. The number of sulfonamides is 1. The fourth-order valence-electron chi connectivity index (χ4n) is 3.75. The Morgan fingerprint density at radius 2 is 1.68 bits per heavy atom. The highest BCUT2D eigenvalue weighted by atomic mass is 32.2. The first-order chi connectivity index (χ1) is 19.7. The first-order valence-electron chi connectivity index (χ1n) is 12.2. The molecule has 12 nitrogen and oxygen atoms in total. The van der Waals surface area contributed by atoms with E-state index in [1.54, 1.807) is 61.5 Å². The topological polar surface area (TPSA) is 161 Å². The molecule has 0 aliphatic rings. The van der Waals surface area contributed by atoms with Crippen LogP contribution in [0, 0.1) is 10.1 Å². The van der Waals surface area contributed by atoms with Crippen molar-refractivity contribution in [2.75, 3.05) is 17.5 Å². The lowest BCUT2D eigenvalue weighted by Gasteiger charge is -2.23. The SMILES string of the molecule is CCOC(=O)c1ccc(-c2ccc(/C=N\NC(=O)CN(c3ccccc3)S(=O)(=O)c3ccccc3[N+](=O)[O-])o2)cc1. The van der Waals surface area contributed by atoms with Crippen LogP contribution in [0.25, 0.3) is 11.3 Å². The predicted molar refractivity (Wildman–Crippen MR) is 150 cm³/mol. The van der Waals surface area contributed by atoms with Crippen LogP contribution in [0.15, 0.2) is 105 Å². The molecular formula is C28H24N4O8S. The molecular weight excluding hydrogens is 552 g/mol. The number of nitro groups is 1. The first kappa shape index (κ1) is 28.7. The molecule has 0 unspecified atom stereocenters. The summed E-state index contributed by atoms with van der Waals surface area (Å²) < 4.78 is 38.4. The molecule has 4 aromatic rings. The third-order valence-corrected chi connectivity index (χ3v) is 7.47. The number of hydrazone groups is 1. The van der Waals surface area contributed by atoms with Gasteiger partial charge in [-0.05, 0) is 49.4 Å². The van der Waals surface area contributed by atoms with E-state index in [1.807, 2.05) is 0 Å². The van der Waals surface area contributed by atoms with E-state index < -0.39 is 44.0 Å². The zero-order valence-electron chi connectivity index (χ0n) is 21.7. The van der Waals surface area contributed by atoms with Crippen molar-refractivity contribution in [3.8, 4) is 11.3 Å². The number of benzene rings is 3. The summed E-state index contributed by atoms with van der Waals surface area (Å²) in [6.45, 7) is 1.29. The van der Waals surface area contributed by atoms with E-state index in [9.17, 15) is 28.1 Å². The lowest BCUT2D eigenvalue weighted by atomic mass is 10.1. The molecule has 1 heterocycles. The van der Waals surface area contributed by atoms with Crippen molar-refractivity contribution in [2.45, 2.75) is 11.8 Å². The third-order valence-electron chi connectivity index (χ3n) is 5.65. The molecule has 4 rings (SSSR count). The molecule has 1 N–H and O–H groups in total. The Labute approximate surface area is 235 Å². The largest absolute Gasteiger partial charge is 0.462 e. The van der Waals surface area contributed by atoms with Crippen molar-refractivity contribution in [2.24, 2.45) is 5.10 Å². The van der Waals surface area contributed by atoms with Crippen molar-refractivity contribution in [3.63, 3.8) is 0 Å². The average Bonchev–Trinajstić information content (AvgIpc) is 3.45. The Hall–Kier alpha value is -5.30. The summed E-state index contributed by atoms with van der Waals surface area (Å²) in [6.07, 6.45) is 1.23. The van der Waals surface area contributed by atoms with Crippen LogP contribution >= 0.6 is 0 Å². The van der Waals surface area contributed by atoms with E-state index in [1.165, 1.54) is 30.5 Å². The molecule has 41 heavy (non-hydrogen) atoms. The maximum Gasteiger partial charge on any atom is 0.338 e. The number of hydrogen-bond donors (Lipinski definition) is 1. The predicted octanol–water partition coefficient (Wildman–Crippen LogP) is 4.38.